The Labute approximate surface area is 141 Å². The van der Waals surface area contributed by atoms with Crippen LogP contribution in [0.1, 0.15) is 31.5 Å². The van der Waals surface area contributed by atoms with Crippen LogP contribution in [0.15, 0.2) is 35.2 Å². The number of benzene rings is 1. The quantitative estimate of drug-likeness (QED) is 0.859. The van der Waals surface area contributed by atoms with E-state index < -0.39 is 10.0 Å². The fourth-order valence-corrected chi connectivity index (χ4v) is 4.87. The zero-order valence-electron chi connectivity index (χ0n) is 13.0. The molecule has 0 bridgehead atoms. The molecule has 1 fully saturated rings. The molecule has 1 aromatic heterocycles. The van der Waals surface area contributed by atoms with Crippen LogP contribution >= 0.6 is 12.2 Å². The summed E-state index contributed by atoms with van der Waals surface area (Å²) < 4.78 is 29.7. The highest BCUT2D eigenvalue weighted by atomic mass is 32.2. The predicted octanol–water partition coefficient (Wildman–Crippen LogP) is 2.53. The van der Waals surface area contributed by atoms with Gasteiger partial charge in [-0.2, -0.15) is 9.40 Å². The van der Waals surface area contributed by atoms with Crippen LogP contribution in [0.3, 0.4) is 0 Å². The van der Waals surface area contributed by atoms with Gasteiger partial charge in [0.25, 0.3) is 0 Å². The normalized spacial score (nSPS) is 19.8. The molecule has 2 heterocycles. The van der Waals surface area contributed by atoms with Gasteiger partial charge in [0.1, 0.15) is 5.82 Å². The highest BCUT2D eigenvalue weighted by Gasteiger charge is 2.32. The molecule has 1 aliphatic heterocycles. The third-order valence-corrected chi connectivity index (χ3v) is 6.43. The first-order chi connectivity index (χ1) is 11.0. The summed E-state index contributed by atoms with van der Waals surface area (Å²) in [4.78, 5) is 0.343. The fourth-order valence-electron chi connectivity index (χ4n) is 3.06. The number of piperidine rings is 1. The van der Waals surface area contributed by atoms with Crippen molar-refractivity contribution in [2.24, 2.45) is 0 Å². The molecular formula is C15H20N4O2S2. The maximum absolute atomic E-state index is 12.8. The highest BCUT2D eigenvalue weighted by Crippen LogP contribution is 2.29. The Bertz CT molecular complexity index is 827. The average molecular weight is 352 g/mol. The van der Waals surface area contributed by atoms with Crippen molar-refractivity contribution in [3.05, 3.63) is 40.9 Å². The van der Waals surface area contributed by atoms with Gasteiger partial charge in [-0.3, -0.25) is 5.10 Å². The number of rotatable bonds is 4. The minimum atomic E-state index is -3.46. The molecule has 2 aromatic rings. The summed E-state index contributed by atoms with van der Waals surface area (Å²) in [6, 6.07) is 8.59. The number of sulfonamides is 1. The summed E-state index contributed by atoms with van der Waals surface area (Å²) in [5, 5.41) is 7.14. The van der Waals surface area contributed by atoms with Crippen LogP contribution in [-0.4, -0.2) is 40.6 Å². The van der Waals surface area contributed by atoms with Crippen LogP contribution in [0.5, 0.6) is 0 Å². The van der Waals surface area contributed by atoms with Crippen molar-refractivity contribution in [3.63, 3.8) is 0 Å². The van der Waals surface area contributed by atoms with E-state index in [0.29, 0.717) is 22.8 Å². The molecule has 1 N–H and O–H groups in total. The van der Waals surface area contributed by atoms with E-state index in [-0.39, 0.29) is 5.92 Å². The second kappa shape index (κ2) is 6.54. The summed E-state index contributed by atoms with van der Waals surface area (Å²) in [5.41, 5.74) is 0. The molecule has 3 rings (SSSR count). The number of aromatic amines is 1. The number of hydrogen-bond donors (Lipinski definition) is 1. The molecule has 1 aromatic carbocycles. The predicted molar refractivity (Wildman–Crippen MR) is 90.3 cm³/mol. The molecule has 8 heteroatoms. The maximum Gasteiger partial charge on any atom is 0.243 e. The van der Waals surface area contributed by atoms with E-state index in [1.54, 1.807) is 28.6 Å². The van der Waals surface area contributed by atoms with Crippen LogP contribution in [0, 0.1) is 4.77 Å². The number of aromatic nitrogens is 3. The third kappa shape index (κ3) is 3.11. The number of hydrogen-bond acceptors (Lipinski definition) is 4. The second-order valence-electron chi connectivity index (χ2n) is 5.65. The van der Waals surface area contributed by atoms with Crippen molar-refractivity contribution in [1.29, 1.82) is 0 Å². The minimum Gasteiger partial charge on any atom is -0.304 e. The third-order valence-electron chi connectivity index (χ3n) is 4.23. The highest BCUT2D eigenvalue weighted by molar-refractivity contribution is 7.89. The van der Waals surface area contributed by atoms with Crippen molar-refractivity contribution in [3.8, 4) is 0 Å². The van der Waals surface area contributed by atoms with Crippen LogP contribution in [0.2, 0.25) is 0 Å². The summed E-state index contributed by atoms with van der Waals surface area (Å²) in [7, 11) is -3.46. The van der Waals surface area contributed by atoms with E-state index in [4.69, 9.17) is 12.2 Å². The second-order valence-corrected chi connectivity index (χ2v) is 7.97. The molecule has 124 valence electrons. The lowest BCUT2D eigenvalue weighted by atomic mass is 9.99. The first kappa shape index (κ1) is 16.4. The lowest BCUT2D eigenvalue weighted by Gasteiger charge is -2.31. The van der Waals surface area contributed by atoms with Gasteiger partial charge in [-0.05, 0) is 44.1 Å². The van der Waals surface area contributed by atoms with Gasteiger partial charge in [-0.25, -0.2) is 8.42 Å². The van der Waals surface area contributed by atoms with Gasteiger partial charge in [0.05, 0.1) is 4.90 Å². The van der Waals surface area contributed by atoms with Gasteiger partial charge in [0.2, 0.25) is 10.0 Å². The Morgan fingerprint density at radius 2 is 2.09 bits per heavy atom. The van der Waals surface area contributed by atoms with Gasteiger partial charge in [-0.15, -0.1) is 0 Å². The van der Waals surface area contributed by atoms with E-state index >= 15 is 0 Å². The van der Waals surface area contributed by atoms with E-state index in [0.717, 1.165) is 25.2 Å². The molecule has 0 saturated carbocycles. The molecule has 1 aliphatic rings. The first-order valence-electron chi connectivity index (χ1n) is 7.74. The van der Waals surface area contributed by atoms with E-state index in [9.17, 15) is 8.42 Å². The van der Waals surface area contributed by atoms with Crippen LogP contribution in [0.25, 0.3) is 0 Å². The fraction of sp³-hybridized carbons (Fsp3) is 0.467. The van der Waals surface area contributed by atoms with Crippen molar-refractivity contribution in [2.75, 3.05) is 13.1 Å². The lowest BCUT2D eigenvalue weighted by Crippen LogP contribution is -2.39. The monoisotopic (exact) mass is 352 g/mol. The lowest BCUT2D eigenvalue weighted by molar-refractivity contribution is 0.304. The molecule has 1 unspecified atom stereocenters. The maximum atomic E-state index is 12.8. The molecule has 0 aliphatic carbocycles. The summed E-state index contributed by atoms with van der Waals surface area (Å²) in [6.45, 7) is 3.73. The standard InChI is InChI=1S/C15H20N4O2S2/c1-2-19-14(16-17-15(19)22)12-7-6-10-18(11-12)23(20,21)13-8-4-3-5-9-13/h3-5,8-9,12H,2,6-7,10-11H2,1H3,(H,17,22). The molecule has 1 atom stereocenters. The zero-order valence-corrected chi connectivity index (χ0v) is 14.6. The molecule has 0 radical (unpaired) electrons. The molecule has 0 amide bonds. The average Bonchev–Trinajstić information content (AvgIpc) is 2.96. The molecule has 0 spiro atoms. The Kier molecular flexibility index (Phi) is 4.65. The van der Waals surface area contributed by atoms with Crippen molar-refractivity contribution in [1.82, 2.24) is 19.1 Å². The smallest absolute Gasteiger partial charge is 0.243 e. The van der Waals surface area contributed by atoms with Crippen LogP contribution in [-0.2, 0) is 16.6 Å². The van der Waals surface area contributed by atoms with Crippen molar-refractivity contribution in [2.45, 2.75) is 37.1 Å². The van der Waals surface area contributed by atoms with Crippen molar-refractivity contribution < 1.29 is 8.42 Å². The zero-order chi connectivity index (χ0) is 16.4. The Hall–Kier alpha value is -1.51. The number of H-pyrrole nitrogens is 1. The molecule has 23 heavy (non-hydrogen) atoms. The topological polar surface area (TPSA) is 71.0 Å². The summed E-state index contributed by atoms with van der Waals surface area (Å²) >= 11 is 5.23. The Morgan fingerprint density at radius 1 is 1.35 bits per heavy atom. The summed E-state index contributed by atoms with van der Waals surface area (Å²) in [6.07, 6.45) is 1.74. The van der Waals surface area contributed by atoms with Crippen LogP contribution in [0.4, 0.5) is 0 Å². The van der Waals surface area contributed by atoms with E-state index in [1.165, 1.54) is 0 Å². The number of nitrogens with one attached hydrogen (secondary N) is 1. The Balaban J connectivity index is 1.88. The first-order valence-corrected chi connectivity index (χ1v) is 9.59. The van der Waals surface area contributed by atoms with Gasteiger partial charge in [0.15, 0.2) is 4.77 Å². The van der Waals surface area contributed by atoms with Crippen molar-refractivity contribution >= 4 is 22.2 Å². The van der Waals surface area contributed by atoms with Crippen LogP contribution < -0.4 is 0 Å². The minimum absolute atomic E-state index is 0.0649. The van der Waals surface area contributed by atoms with E-state index in [1.807, 2.05) is 17.6 Å². The largest absolute Gasteiger partial charge is 0.304 e. The number of nitrogens with zero attached hydrogens (tertiary/aromatic N) is 3. The van der Waals surface area contributed by atoms with E-state index in [2.05, 4.69) is 10.2 Å². The van der Waals surface area contributed by atoms with Gasteiger partial charge in [-0.1, -0.05) is 18.2 Å². The van der Waals surface area contributed by atoms with Gasteiger partial charge >= 0.3 is 0 Å². The van der Waals surface area contributed by atoms with Gasteiger partial charge < -0.3 is 4.57 Å². The summed E-state index contributed by atoms with van der Waals surface area (Å²) in [5.74, 6) is 0.917. The Morgan fingerprint density at radius 3 is 2.78 bits per heavy atom. The van der Waals surface area contributed by atoms with Gasteiger partial charge in [0, 0.05) is 25.6 Å². The SMILES string of the molecule is CCn1c(C2CCCN(S(=O)(=O)c3ccccc3)C2)n[nH]c1=S. The molecule has 1 saturated heterocycles. The molecule has 6 nitrogen and oxygen atoms in total. The molecular weight excluding hydrogens is 332 g/mol.